The summed E-state index contributed by atoms with van der Waals surface area (Å²) < 4.78 is 0. The van der Waals surface area contributed by atoms with E-state index in [4.69, 9.17) is 0 Å². The van der Waals surface area contributed by atoms with Crippen LogP contribution in [-0.4, -0.2) is 6.71 Å². The van der Waals surface area contributed by atoms with Crippen LogP contribution in [0, 0.1) is 25.7 Å². The van der Waals surface area contributed by atoms with E-state index in [0.29, 0.717) is 17.5 Å². The van der Waals surface area contributed by atoms with Gasteiger partial charge in [0.2, 0.25) is 0 Å². The Kier molecular flexibility index (Phi) is 29.2. The Hall–Kier alpha value is 3.38. The first-order chi connectivity index (χ1) is 6.62. The molecule has 0 aromatic carbocycles. The van der Waals surface area contributed by atoms with E-state index in [1.54, 1.807) is 0 Å². The summed E-state index contributed by atoms with van der Waals surface area (Å²) in [5, 5.41) is 0. The smallest absolute Gasteiger partial charge is 0.0268 e. The second-order valence-electron chi connectivity index (χ2n) is 4.21. The van der Waals surface area contributed by atoms with Gasteiger partial charge in [0.1, 0.15) is 0 Å². The fourth-order valence-corrected chi connectivity index (χ4v) is 2.26. The Morgan fingerprint density at radius 3 is 1.12 bits per heavy atom. The van der Waals surface area contributed by atoms with Gasteiger partial charge in [-0.15, -0.1) is 0 Å². The topological polar surface area (TPSA) is 0 Å². The van der Waals surface area contributed by atoms with Crippen LogP contribution in [0.5, 0.6) is 0 Å². The van der Waals surface area contributed by atoms with Crippen LogP contribution in [0.2, 0.25) is 17.5 Å². The minimum Gasteiger partial charge on any atom is -0.364 e. The molecule has 0 saturated heterocycles. The number of rotatable bonds is 7. The van der Waals surface area contributed by atoms with Crippen LogP contribution in [0.3, 0.4) is 0 Å². The average molecular weight is 459 g/mol. The van der Waals surface area contributed by atoms with Gasteiger partial charge in [0.05, 0.1) is 0 Å². The van der Waals surface area contributed by atoms with Crippen molar-refractivity contribution >= 4 is 6.71 Å². The maximum atomic E-state index is 2.32. The van der Waals surface area contributed by atoms with Gasteiger partial charge in [-0.05, 0) is 0 Å². The molecule has 17 heavy (non-hydrogen) atoms. The molecule has 0 heterocycles. The molecule has 0 unspecified atom stereocenters. The van der Waals surface area contributed by atoms with Crippen LogP contribution in [0.4, 0.5) is 0 Å². The van der Waals surface area contributed by atoms with E-state index in [-0.39, 0.29) is 98.1 Å². The van der Waals surface area contributed by atoms with E-state index in [2.05, 4.69) is 67.2 Å². The van der Waals surface area contributed by atoms with Gasteiger partial charge in [0, 0.05) is 105 Å². The van der Waals surface area contributed by atoms with E-state index >= 15 is 0 Å². The second-order valence-corrected chi connectivity index (χ2v) is 4.21. The van der Waals surface area contributed by atoms with Gasteiger partial charge in [-0.25, -0.2) is 0 Å². The first-order valence-electron chi connectivity index (χ1n) is 5.80. The van der Waals surface area contributed by atoms with E-state index in [1.165, 1.54) is 0 Å². The van der Waals surface area contributed by atoms with Gasteiger partial charge in [-0.1, -0.05) is 13.8 Å². The summed E-state index contributed by atoms with van der Waals surface area (Å²) in [6, 6.07) is 0. The van der Waals surface area contributed by atoms with E-state index in [0.717, 1.165) is 6.71 Å². The van der Waals surface area contributed by atoms with E-state index in [1.807, 2.05) is 0 Å². The molecule has 0 aromatic rings. The Morgan fingerprint density at radius 1 is 0.647 bits per heavy atom. The van der Waals surface area contributed by atoms with Crippen molar-refractivity contribution in [3.05, 3.63) is 25.7 Å². The third-order valence-corrected chi connectivity index (χ3v) is 3.48. The van der Waals surface area contributed by atoms with Gasteiger partial charge in [0.25, 0.3) is 0 Å². The zero-order valence-electron chi connectivity index (χ0n) is 12.4. The van der Waals surface area contributed by atoms with Crippen LogP contribution in [-0.2, 0) is 98.1 Å². The molecule has 3 radical (unpaired) electrons. The molecule has 0 amide bonds. The molecular weight excluding hydrogens is 434 g/mol. The number of hydrogen-bond acceptors (Lipinski definition) is 0. The first kappa shape index (κ1) is 28.5. The van der Waals surface area contributed by atoms with E-state index < -0.39 is 0 Å². The van der Waals surface area contributed by atoms with Crippen LogP contribution in [0.15, 0.2) is 0 Å². The van der Waals surface area contributed by atoms with Crippen molar-refractivity contribution in [3.8, 4) is 0 Å². The van der Waals surface area contributed by atoms with Crippen molar-refractivity contribution < 1.29 is 98.1 Å². The fraction of sp³-hybridized carbons (Fsp3) is 0.692. The van der Waals surface area contributed by atoms with Crippen molar-refractivity contribution in [1.82, 2.24) is 0 Å². The summed E-state index contributed by atoms with van der Waals surface area (Å²) in [5.41, 5.74) is 0. The maximum absolute atomic E-state index is 2.32. The molecule has 0 saturated carbocycles. The average Bonchev–Trinajstić information content (AvgIpc) is 2.23. The van der Waals surface area contributed by atoms with Gasteiger partial charge in [0.15, 0.2) is 0 Å². The molecule has 0 N–H and O–H groups in total. The molecule has 0 rings (SSSR count). The molecule has 0 fully saturated rings. The largest absolute Gasteiger partial charge is 0.364 e. The predicted octanol–water partition coefficient (Wildman–Crippen LogP) is 4.52. The second kappa shape index (κ2) is 17.4. The van der Waals surface area contributed by atoms with Crippen LogP contribution in [0.25, 0.3) is 0 Å². The van der Waals surface area contributed by atoms with Crippen molar-refractivity contribution in [2.75, 3.05) is 0 Å². The minimum atomic E-state index is 0. The fourth-order valence-electron chi connectivity index (χ4n) is 2.26. The molecule has 0 aliphatic rings. The van der Waals surface area contributed by atoms with Crippen LogP contribution >= 0.6 is 0 Å². The zero-order valence-corrected chi connectivity index (χ0v) is 20.9. The van der Waals surface area contributed by atoms with Crippen molar-refractivity contribution in [3.63, 3.8) is 0 Å². The quantitative estimate of drug-likeness (QED) is 0.389. The zero-order chi connectivity index (χ0) is 11.1. The maximum Gasteiger partial charge on any atom is 0.0268 e. The summed E-state index contributed by atoms with van der Waals surface area (Å²) in [7, 11) is 0. The normalized spacial score (nSPS) is 12.9. The van der Waals surface area contributed by atoms with Crippen molar-refractivity contribution in [2.45, 2.75) is 59.0 Å². The third kappa shape index (κ3) is 10.7. The molecular formula is C13H25BY3-4. The standard InChI is InChI=1S/C13H25B.3Y/c1-7-11(5)14(12(6)8-2)13(9-3)10-4;;;/h7-13H,1-6H3;;;/q-4;;;/t11-,12+;;;. The molecule has 93 valence electrons. The van der Waals surface area contributed by atoms with Gasteiger partial charge in [-0.2, -0.15) is 39.3 Å². The summed E-state index contributed by atoms with van der Waals surface area (Å²) in [4.78, 5) is 0. The van der Waals surface area contributed by atoms with Gasteiger partial charge in [-0.3, -0.25) is 0 Å². The summed E-state index contributed by atoms with van der Waals surface area (Å²) in [6.45, 7) is 14.0. The molecule has 0 spiro atoms. The van der Waals surface area contributed by atoms with Gasteiger partial charge >= 0.3 is 0 Å². The first-order valence-corrected chi connectivity index (χ1v) is 5.80. The molecule has 4 heteroatoms. The summed E-state index contributed by atoms with van der Waals surface area (Å²) >= 11 is 0. The summed E-state index contributed by atoms with van der Waals surface area (Å²) in [6.07, 6.45) is 9.30. The minimum absolute atomic E-state index is 0. The molecule has 0 bridgehead atoms. The molecule has 2 atom stereocenters. The Bertz CT molecular complexity index is 131. The van der Waals surface area contributed by atoms with Crippen molar-refractivity contribution in [1.29, 1.82) is 0 Å². The van der Waals surface area contributed by atoms with Crippen molar-refractivity contribution in [2.24, 2.45) is 0 Å². The third-order valence-electron chi connectivity index (χ3n) is 3.48. The van der Waals surface area contributed by atoms with Gasteiger partial charge < -0.3 is 31.5 Å². The molecule has 0 aliphatic heterocycles. The molecule has 0 nitrogen and oxygen atoms in total. The number of hydrogen-bond donors (Lipinski definition) is 0. The Balaban J connectivity index is -0.000000282. The summed E-state index contributed by atoms with van der Waals surface area (Å²) in [5.74, 6) is 1.99. The Labute approximate surface area is 186 Å². The monoisotopic (exact) mass is 459 g/mol. The molecule has 0 aromatic heterocycles. The van der Waals surface area contributed by atoms with E-state index in [9.17, 15) is 0 Å². The van der Waals surface area contributed by atoms with Crippen LogP contribution < -0.4 is 0 Å². The SMILES string of the molecule is C[CH-]C([CH-]C)B([C@H](C)[CH-]C)[C@@H](C)[CH-]C.[Y].[Y].[Y]. The predicted molar refractivity (Wildman–Crippen MR) is 68.2 cm³/mol. The Morgan fingerprint density at radius 2 is 0.941 bits per heavy atom. The van der Waals surface area contributed by atoms with Crippen LogP contribution in [0.1, 0.15) is 41.5 Å². The molecule has 0 aliphatic carbocycles.